The lowest BCUT2D eigenvalue weighted by Gasteiger charge is -2.29. The van der Waals surface area contributed by atoms with Crippen molar-refractivity contribution < 1.29 is 27.8 Å². The smallest absolute Gasteiger partial charge is 0.371 e. The van der Waals surface area contributed by atoms with E-state index in [2.05, 4.69) is 4.72 Å². The average molecular weight is 319 g/mol. The zero-order chi connectivity index (χ0) is 16.3. The molecule has 120 valence electrons. The number of hydrogen-bond acceptors (Lipinski definition) is 5. The van der Waals surface area contributed by atoms with Crippen LogP contribution >= 0.6 is 0 Å². The van der Waals surface area contributed by atoms with E-state index in [0.29, 0.717) is 12.8 Å². The maximum Gasteiger partial charge on any atom is 0.371 e. The summed E-state index contributed by atoms with van der Waals surface area (Å²) in [4.78, 5) is 10.6. The van der Waals surface area contributed by atoms with Gasteiger partial charge in [0.2, 0.25) is 15.8 Å². The molecule has 0 amide bonds. The molecule has 0 unspecified atom stereocenters. The van der Waals surface area contributed by atoms with Crippen molar-refractivity contribution in [2.24, 2.45) is 5.41 Å². The predicted octanol–water partition coefficient (Wildman–Crippen LogP) is 1.36. The fourth-order valence-electron chi connectivity index (χ4n) is 1.94. The van der Waals surface area contributed by atoms with Gasteiger partial charge in [-0.1, -0.05) is 13.8 Å². The molecule has 0 aliphatic rings. The summed E-state index contributed by atoms with van der Waals surface area (Å²) in [6, 6.07) is 0.985. The Morgan fingerprint density at radius 1 is 1.38 bits per heavy atom. The van der Waals surface area contributed by atoms with E-state index in [1.54, 1.807) is 0 Å². The van der Waals surface area contributed by atoms with Crippen molar-refractivity contribution in [1.29, 1.82) is 0 Å². The predicted molar refractivity (Wildman–Crippen MR) is 75.7 cm³/mol. The largest absolute Gasteiger partial charge is 0.475 e. The Labute approximate surface area is 124 Å². The number of rotatable bonds is 8. The number of carbonyl (C=O) groups is 1. The maximum absolute atomic E-state index is 12.2. The van der Waals surface area contributed by atoms with Crippen molar-refractivity contribution in [3.8, 4) is 0 Å². The fourth-order valence-corrected chi connectivity index (χ4v) is 3.28. The van der Waals surface area contributed by atoms with Crippen LogP contribution in [0.1, 0.15) is 43.0 Å². The number of aromatic carboxylic acids is 1. The molecule has 3 N–H and O–H groups in total. The highest BCUT2D eigenvalue weighted by Gasteiger charge is 2.30. The Morgan fingerprint density at radius 3 is 2.33 bits per heavy atom. The summed E-state index contributed by atoms with van der Waals surface area (Å²) in [7, 11) is -3.89. The van der Waals surface area contributed by atoms with Gasteiger partial charge in [-0.2, -0.15) is 0 Å². The van der Waals surface area contributed by atoms with Gasteiger partial charge in [0, 0.05) is 24.6 Å². The van der Waals surface area contributed by atoms with Crippen LogP contribution in [-0.2, 0) is 10.0 Å². The van der Waals surface area contributed by atoms with Gasteiger partial charge in [0.25, 0.3) is 0 Å². The van der Waals surface area contributed by atoms with Gasteiger partial charge in [-0.25, -0.2) is 17.9 Å². The Kier molecular flexibility index (Phi) is 5.54. The number of aryl methyl sites for hydroxylation is 1. The lowest BCUT2D eigenvalue weighted by atomic mass is 9.84. The van der Waals surface area contributed by atoms with Crippen molar-refractivity contribution in [2.45, 2.75) is 38.5 Å². The summed E-state index contributed by atoms with van der Waals surface area (Å²) < 4.78 is 31.8. The lowest BCUT2D eigenvalue weighted by Crippen LogP contribution is -2.39. The van der Waals surface area contributed by atoms with Gasteiger partial charge in [-0.3, -0.25) is 0 Å². The molecule has 0 saturated carbocycles. The molecular weight excluding hydrogens is 298 g/mol. The lowest BCUT2D eigenvalue weighted by molar-refractivity contribution is 0.0661. The highest BCUT2D eigenvalue weighted by molar-refractivity contribution is 7.89. The number of sulfonamides is 1. The van der Waals surface area contributed by atoms with Crippen LogP contribution in [0.2, 0.25) is 0 Å². The minimum atomic E-state index is -3.89. The zero-order valence-electron chi connectivity index (χ0n) is 12.3. The number of hydrogen-bond donors (Lipinski definition) is 3. The second-order valence-electron chi connectivity index (χ2n) is 5.03. The van der Waals surface area contributed by atoms with Crippen LogP contribution in [0, 0.1) is 12.3 Å². The Bertz CT molecular complexity index is 592. The fraction of sp³-hybridized carbons (Fsp3) is 0.615. The van der Waals surface area contributed by atoms with Crippen molar-refractivity contribution >= 4 is 16.0 Å². The number of carboxylic acids is 1. The van der Waals surface area contributed by atoms with Gasteiger partial charge >= 0.3 is 5.97 Å². The van der Waals surface area contributed by atoms with E-state index < -0.39 is 27.2 Å². The minimum Gasteiger partial charge on any atom is -0.475 e. The topological polar surface area (TPSA) is 117 Å². The molecular formula is C13H21NO6S. The molecule has 1 aromatic heterocycles. The van der Waals surface area contributed by atoms with Crippen LogP contribution in [0.25, 0.3) is 0 Å². The summed E-state index contributed by atoms with van der Waals surface area (Å²) in [6.07, 6.45) is 1.24. The third-order valence-corrected chi connectivity index (χ3v) is 5.35. The maximum atomic E-state index is 12.2. The number of aliphatic hydroxyl groups excluding tert-OH is 1. The van der Waals surface area contributed by atoms with Crippen LogP contribution < -0.4 is 4.72 Å². The summed E-state index contributed by atoms with van der Waals surface area (Å²) in [5.74, 6) is -1.74. The second kappa shape index (κ2) is 6.59. The molecule has 0 bridgehead atoms. The molecule has 0 aliphatic heterocycles. The normalized spacial score (nSPS) is 12.6. The molecule has 1 rings (SSSR count). The molecule has 21 heavy (non-hydrogen) atoms. The van der Waals surface area contributed by atoms with Crippen molar-refractivity contribution in [3.63, 3.8) is 0 Å². The van der Waals surface area contributed by atoms with E-state index in [0.717, 1.165) is 6.07 Å². The van der Waals surface area contributed by atoms with E-state index in [4.69, 9.17) is 9.52 Å². The summed E-state index contributed by atoms with van der Waals surface area (Å²) in [5.41, 5.74) is -0.527. The van der Waals surface area contributed by atoms with E-state index in [9.17, 15) is 18.3 Å². The minimum absolute atomic E-state index is 0.0162. The van der Waals surface area contributed by atoms with E-state index in [1.165, 1.54) is 6.92 Å². The molecule has 1 aromatic rings. The first-order valence-corrected chi connectivity index (χ1v) is 8.14. The molecule has 0 fully saturated rings. The van der Waals surface area contributed by atoms with Gasteiger partial charge < -0.3 is 14.6 Å². The first-order chi connectivity index (χ1) is 9.71. The van der Waals surface area contributed by atoms with Crippen LogP contribution in [0.15, 0.2) is 15.4 Å². The van der Waals surface area contributed by atoms with Gasteiger partial charge in [-0.05, 0) is 19.8 Å². The molecule has 0 saturated heterocycles. The number of aliphatic hydroxyl groups is 1. The number of nitrogens with one attached hydrogen (secondary N) is 1. The summed E-state index contributed by atoms with van der Waals surface area (Å²) in [6.45, 7) is 5.08. The molecule has 0 radical (unpaired) electrons. The quantitative estimate of drug-likeness (QED) is 0.666. The Balaban J connectivity index is 3.00. The van der Waals surface area contributed by atoms with Gasteiger partial charge in [0.15, 0.2) is 0 Å². The molecule has 0 atom stereocenters. The number of furan rings is 1. The van der Waals surface area contributed by atoms with Gasteiger partial charge in [0.05, 0.1) is 0 Å². The second-order valence-corrected chi connectivity index (χ2v) is 6.76. The van der Waals surface area contributed by atoms with E-state index in [1.807, 2.05) is 13.8 Å². The standard InChI is InChI=1S/C13H21NO6S/c1-4-13(5-2,8-15)7-14-21(18,19)11-6-10(12(16)17)20-9(11)3/h6,14-15H,4-5,7-8H2,1-3H3,(H,16,17). The van der Waals surface area contributed by atoms with Crippen LogP contribution in [0.4, 0.5) is 0 Å². The van der Waals surface area contributed by atoms with E-state index >= 15 is 0 Å². The number of carboxylic acid groups (broad SMARTS) is 1. The zero-order valence-corrected chi connectivity index (χ0v) is 13.2. The van der Waals surface area contributed by atoms with Crippen molar-refractivity contribution in [2.75, 3.05) is 13.2 Å². The summed E-state index contributed by atoms with van der Waals surface area (Å²) >= 11 is 0. The first-order valence-electron chi connectivity index (χ1n) is 6.65. The third-order valence-electron chi connectivity index (χ3n) is 3.85. The SMILES string of the molecule is CCC(CC)(CO)CNS(=O)(=O)c1cc(C(=O)O)oc1C. The highest BCUT2D eigenvalue weighted by atomic mass is 32.2. The molecule has 8 heteroatoms. The molecule has 1 heterocycles. The molecule has 0 spiro atoms. The summed E-state index contributed by atoms with van der Waals surface area (Å²) in [5, 5.41) is 18.3. The van der Waals surface area contributed by atoms with Crippen molar-refractivity contribution in [1.82, 2.24) is 4.72 Å². The molecule has 7 nitrogen and oxygen atoms in total. The van der Waals surface area contributed by atoms with Crippen LogP contribution in [0.3, 0.4) is 0 Å². The van der Waals surface area contributed by atoms with E-state index in [-0.39, 0.29) is 23.8 Å². The average Bonchev–Trinajstić information content (AvgIpc) is 2.84. The monoisotopic (exact) mass is 319 g/mol. The molecule has 0 aromatic carbocycles. The van der Waals surface area contributed by atoms with Gasteiger partial charge in [0.1, 0.15) is 10.7 Å². The van der Waals surface area contributed by atoms with Crippen LogP contribution in [-0.4, -0.2) is 37.8 Å². The van der Waals surface area contributed by atoms with Crippen LogP contribution in [0.5, 0.6) is 0 Å². The Hall–Kier alpha value is -1.38. The van der Waals surface area contributed by atoms with Gasteiger partial charge in [-0.15, -0.1) is 0 Å². The Morgan fingerprint density at radius 2 is 1.95 bits per heavy atom. The van der Waals surface area contributed by atoms with Crippen molar-refractivity contribution in [3.05, 3.63) is 17.6 Å². The third kappa shape index (κ3) is 3.84. The first kappa shape index (κ1) is 17.7. The highest BCUT2D eigenvalue weighted by Crippen LogP contribution is 2.26. The molecule has 0 aliphatic carbocycles.